The van der Waals surface area contributed by atoms with E-state index in [9.17, 15) is 4.39 Å². The molecule has 0 aromatic heterocycles. The van der Waals surface area contributed by atoms with Crippen molar-refractivity contribution in [2.24, 2.45) is 0 Å². The molecule has 82 valence electrons. The van der Waals surface area contributed by atoms with Crippen LogP contribution in [0.1, 0.15) is 24.3 Å². The Balaban J connectivity index is 2.01. The van der Waals surface area contributed by atoms with Crippen LogP contribution in [-0.2, 0) is 4.74 Å². The first-order valence-corrected chi connectivity index (χ1v) is 6.35. The van der Waals surface area contributed by atoms with Crippen molar-refractivity contribution in [3.05, 3.63) is 35.6 Å². The van der Waals surface area contributed by atoms with Gasteiger partial charge in [0.05, 0.1) is 12.7 Å². The fourth-order valence-corrected chi connectivity index (χ4v) is 2.46. The number of alkyl halides is 1. The molecule has 0 spiro atoms. The highest BCUT2D eigenvalue weighted by Gasteiger charge is 2.22. The first kappa shape index (κ1) is 11.1. The molecule has 0 amide bonds. The van der Waals surface area contributed by atoms with Crippen molar-refractivity contribution >= 4 is 15.9 Å². The summed E-state index contributed by atoms with van der Waals surface area (Å²) in [6.07, 6.45) is 2.46. The number of halogens is 2. The molecule has 1 aliphatic rings. The van der Waals surface area contributed by atoms with Crippen LogP contribution in [0.15, 0.2) is 24.3 Å². The van der Waals surface area contributed by atoms with Crippen LogP contribution >= 0.6 is 15.9 Å². The summed E-state index contributed by atoms with van der Waals surface area (Å²) in [5, 5.41) is 0.892. The Bertz CT molecular complexity index is 321. The minimum absolute atomic E-state index is 0.157. The van der Waals surface area contributed by atoms with Crippen LogP contribution in [-0.4, -0.2) is 18.0 Å². The Kier molecular flexibility index (Phi) is 3.76. The molecule has 1 heterocycles. The summed E-state index contributed by atoms with van der Waals surface area (Å²) >= 11 is 3.41. The lowest BCUT2D eigenvalue weighted by molar-refractivity contribution is 0.0190. The van der Waals surface area contributed by atoms with Crippen LogP contribution in [0.4, 0.5) is 4.39 Å². The van der Waals surface area contributed by atoms with Gasteiger partial charge < -0.3 is 4.74 Å². The highest BCUT2D eigenvalue weighted by atomic mass is 79.9. The topological polar surface area (TPSA) is 9.23 Å². The Morgan fingerprint density at radius 1 is 1.40 bits per heavy atom. The summed E-state index contributed by atoms with van der Waals surface area (Å²) < 4.78 is 18.7. The van der Waals surface area contributed by atoms with Gasteiger partial charge in [0.25, 0.3) is 0 Å². The van der Waals surface area contributed by atoms with Gasteiger partial charge in [0.15, 0.2) is 0 Å². The highest BCUT2D eigenvalue weighted by Crippen LogP contribution is 2.28. The van der Waals surface area contributed by atoms with Crippen LogP contribution in [0.3, 0.4) is 0 Å². The summed E-state index contributed by atoms with van der Waals surface area (Å²) in [6.45, 7) is 0.708. The first-order valence-electron chi connectivity index (χ1n) is 5.22. The van der Waals surface area contributed by atoms with Gasteiger partial charge in [0.2, 0.25) is 0 Å². The molecule has 1 aliphatic heterocycles. The number of hydrogen-bond acceptors (Lipinski definition) is 1. The Morgan fingerprint density at radius 3 is 2.87 bits per heavy atom. The molecule has 1 fully saturated rings. The van der Waals surface area contributed by atoms with E-state index in [1.165, 1.54) is 6.07 Å². The fraction of sp³-hybridized carbons (Fsp3) is 0.500. The third kappa shape index (κ3) is 2.79. The molecule has 0 bridgehead atoms. The van der Waals surface area contributed by atoms with Crippen LogP contribution in [0, 0.1) is 5.82 Å². The van der Waals surface area contributed by atoms with Gasteiger partial charge in [-0.15, -0.1) is 0 Å². The maximum atomic E-state index is 13.0. The maximum absolute atomic E-state index is 13.0. The lowest BCUT2D eigenvalue weighted by atomic mass is 9.92. The Labute approximate surface area is 97.8 Å². The third-order valence-electron chi connectivity index (χ3n) is 2.86. The SMILES string of the molecule is Fc1cccc(C2CCC(CBr)OC2)c1. The van der Waals surface area contributed by atoms with E-state index in [0.717, 1.165) is 23.7 Å². The summed E-state index contributed by atoms with van der Waals surface area (Å²) in [4.78, 5) is 0. The molecule has 15 heavy (non-hydrogen) atoms. The van der Waals surface area contributed by atoms with Crippen molar-refractivity contribution in [1.82, 2.24) is 0 Å². The third-order valence-corrected chi connectivity index (χ3v) is 3.58. The van der Waals surface area contributed by atoms with Crippen molar-refractivity contribution in [1.29, 1.82) is 0 Å². The molecule has 0 saturated carbocycles. The lowest BCUT2D eigenvalue weighted by Crippen LogP contribution is -2.25. The molecule has 3 heteroatoms. The van der Waals surface area contributed by atoms with E-state index in [2.05, 4.69) is 15.9 Å². The van der Waals surface area contributed by atoms with Crippen molar-refractivity contribution in [2.45, 2.75) is 24.9 Å². The zero-order valence-corrected chi connectivity index (χ0v) is 10.0. The average molecular weight is 273 g/mol. The molecule has 2 atom stereocenters. The van der Waals surface area contributed by atoms with E-state index in [1.54, 1.807) is 12.1 Å². The van der Waals surface area contributed by atoms with Crippen molar-refractivity contribution in [3.63, 3.8) is 0 Å². The lowest BCUT2D eigenvalue weighted by Gasteiger charge is -2.28. The summed E-state index contributed by atoms with van der Waals surface area (Å²) in [5.74, 6) is 0.200. The molecule has 2 unspecified atom stereocenters. The van der Waals surface area contributed by atoms with Crippen LogP contribution in [0.2, 0.25) is 0 Å². The van der Waals surface area contributed by atoms with Gasteiger partial charge in [-0.2, -0.15) is 0 Å². The summed E-state index contributed by atoms with van der Waals surface area (Å²) in [5.41, 5.74) is 1.06. The van der Waals surface area contributed by atoms with E-state index < -0.39 is 0 Å². The highest BCUT2D eigenvalue weighted by molar-refractivity contribution is 9.09. The number of benzene rings is 1. The van der Waals surface area contributed by atoms with E-state index in [1.807, 2.05) is 6.07 Å². The largest absolute Gasteiger partial charge is 0.377 e. The molecule has 0 aliphatic carbocycles. The molecule has 1 aromatic carbocycles. The molecule has 0 N–H and O–H groups in total. The summed E-state index contributed by atoms with van der Waals surface area (Å²) in [7, 11) is 0. The zero-order chi connectivity index (χ0) is 10.7. The monoisotopic (exact) mass is 272 g/mol. The number of ether oxygens (including phenoxy) is 1. The minimum atomic E-state index is -0.157. The number of rotatable bonds is 2. The molecule has 1 aromatic rings. The molecular weight excluding hydrogens is 259 g/mol. The first-order chi connectivity index (χ1) is 7.29. The van der Waals surface area contributed by atoms with Crippen molar-refractivity contribution in [3.8, 4) is 0 Å². The normalized spacial score (nSPS) is 26.5. The van der Waals surface area contributed by atoms with Crippen LogP contribution < -0.4 is 0 Å². The van der Waals surface area contributed by atoms with Gasteiger partial charge in [0, 0.05) is 11.2 Å². The molecular formula is C12H14BrFO. The Morgan fingerprint density at radius 2 is 2.27 bits per heavy atom. The van der Waals surface area contributed by atoms with E-state index >= 15 is 0 Å². The smallest absolute Gasteiger partial charge is 0.123 e. The standard InChI is InChI=1S/C12H14BrFO/c13-7-12-5-4-10(8-15-12)9-2-1-3-11(14)6-9/h1-3,6,10,12H,4-5,7-8H2. The minimum Gasteiger partial charge on any atom is -0.377 e. The van der Waals surface area contributed by atoms with Gasteiger partial charge >= 0.3 is 0 Å². The second-order valence-electron chi connectivity index (χ2n) is 3.94. The second kappa shape index (κ2) is 5.08. The second-order valence-corrected chi connectivity index (χ2v) is 4.59. The number of hydrogen-bond donors (Lipinski definition) is 0. The van der Waals surface area contributed by atoms with E-state index in [4.69, 9.17) is 4.74 Å². The molecule has 1 saturated heterocycles. The zero-order valence-electron chi connectivity index (χ0n) is 8.46. The Hall–Kier alpha value is -0.410. The van der Waals surface area contributed by atoms with Crippen LogP contribution in [0.25, 0.3) is 0 Å². The summed E-state index contributed by atoms with van der Waals surface area (Å²) in [6, 6.07) is 6.84. The van der Waals surface area contributed by atoms with Crippen LogP contribution in [0.5, 0.6) is 0 Å². The van der Waals surface area contributed by atoms with Crippen molar-refractivity contribution in [2.75, 3.05) is 11.9 Å². The molecule has 0 radical (unpaired) electrons. The van der Waals surface area contributed by atoms with E-state index in [0.29, 0.717) is 18.6 Å². The van der Waals surface area contributed by atoms with Gasteiger partial charge in [-0.1, -0.05) is 28.1 Å². The fourth-order valence-electron chi connectivity index (χ4n) is 1.95. The maximum Gasteiger partial charge on any atom is 0.123 e. The predicted molar refractivity (Wildman–Crippen MR) is 61.9 cm³/mol. The molecule has 2 rings (SSSR count). The van der Waals surface area contributed by atoms with E-state index in [-0.39, 0.29) is 5.82 Å². The van der Waals surface area contributed by atoms with Gasteiger partial charge in [-0.25, -0.2) is 4.39 Å². The molecule has 1 nitrogen and oxygen atoms in total. The van der Waals surface area contributed by atoms with Gasteiger partial charge in [-0.3, -0.25) is 0 Å². The van der Waals surface area contributed by atoms with Crippen molar-refractivity contribution < 1.29 is 9.13 Å². The van der Waals surface area contributed by atoms with Gasteiger partial charge in [0.1, 0.15) is 5.82 Å². The average Bonchev–Trinajstić information content (AvgIpc) is 2.29. The quantitative estimate of drug-likeness (QED) is 0.749. The van der Waals surface area contributed by atoms with Gasteiger partial charge in [-0.05, 0) is 30.5 Å². The predicted octanol–water partition coefficient (Wildman–Crippen LogP) is 3.48.